The van der Waals surface area contributed by atoms with Gasteiger partial charge in [-0.3, -0.25) is 0 Å². The number of esters is 1. The summed E-state index contributed by atoms with van der Waals surface area (Å²) in [5.41, 5.74) is 1.63. The summed E-state index contributed by atoms with van der Waals surface area (Å²) < 4.78 is 5.09. The number of nitrogens with one attached hydrogen (secondary N) is 2. The van der Waals surface area contributed by atoms with Crippen LogP contribution in [0.25, 0.3) is 0 Å². The molecule has 1 rings (SSSR count). The van der Waals surface area contributed by atoms with Crippen molar-refractivity contribution in [2.75, 3.05) is 32.1 Å². The van der Waals surface area contributed by atoms with Gasteiger partial charge in [-0.2, -0.15) is 0 Å². The average molecular weight is 250 g/mol. The number of likely N-dealkylation sites (N-methyl/N-ethyl adjacent to an activating group) is 1. The number of carbonyl (C=O) groups excluding carboxylic acids is 1. The topological polar surface area (TPSA) is 50.4 Å². The molecule has 4 nitrogen and oxygen atoms in total. The maximum atomic E-state index is 11.6. The lowest BCUT2D eigenvalue weighted by Crippen LogP contribution is -2.17. The minimum Gasteiger partial charge on any atom is -0.461 e. The van der Waals surface area contributed by atoms with E-state index in [-0.39, 0.29) is 5.97 Å². The van der Waals surface area contributed by atoms with Gasteiger partial charge in [0.2, 0.25) is 0 Å². The summed E-state index contributed by atoms with van der Waals surface area (Å²) in [7, 11) is 1.82. The molecule has 0 atom stereocenters. The Morgan fingerprint density at radius 2 is 1.94 bits per heavy atom. The SMILES string of the molecule is CCCCNc1ccc(C(=O)OCCNC)cc1. The van der Waals surface area contributed by atoms with Crippen molar-refractivity contribution < 1.29 is 9.53 Å². The lowest BCUT2D eigenvalue weighted by Gasteiger charge is -2.07. The molecule has 18 heavy (non-hydrogen) atoms. The fourth-order valence-electron chi connectivity index (χ4n) is 1.46. The molecule has 0 fully saturated rings. The van der Waals surface area contributed by atoms with Gasteiger partial charge in [-0.1, -0.05) is 13.3 Å². The zero-order chi connectivity index (χ0) is 13.2. The normalized spacial score (nSPS) is 10.1. The number of carbonyl (C=O) groups is 1. The molecule has 0 aromatic heterocycles. The fourth-order valence-corrected chi connectivity index (χ4v) is 1.46. The van der Waals surface area contributed by atoms with Crippen LogP contribution in [0.2, 0.25) is 0 Å². The van der Waals surface area contributed by atoms with E-state index in [1.165, 1.54) is 6.42 Å². The third-order valence-electron chi connectivity index (χ3n) is 2.57. The highest BCUT2D eigenvalue weighted by molar-refractivity contribution is 5.89. The van der Waals surface area contributed by atoms with Crippen molar-refractivity contribution in [2.45, 2.75) is 19.8 Å². The Kier molecular flexibility index (Phi) is 6.87. The van der Waals surface area contributed by atoms with Gasteiger partial charge in [0.25, 0.3) is 0 Å². The Hall–Kier alpha value is -1.55. The first kappa shape index (κ1) is 14.5. The van der Waals surface area contributed by atoms with Gasteiger partial charge in [0, 0.05) is 18.8 Å². The van der Waals surface area contributed by atoms with Crippen molar-refractivity contribution in [3.8, 4) is 0 Å². The molecule has 0 bridgehead atoms. The number of rotatable bonds is 8. The second kappa shape index (κ2) is 8.53. The molecule has 2 N–H and O–H groups in total. The predicted octanol–water partition coefficient (Wildman–Crippen LogP) is 2.27. The van der Waals surface area contributed by atoms with Crippen LogP contribution in [-0.2, 0) is 4.74 Å². The van der Waals surface area contributed by atoms with Crippen LogP contribution in [0.1, 0.15) is 30.1 Å². The molecule has 0 aliphatic rings. The summed E-state index contributed by atoms with van der Waals surface area (Å²) in [4.78, 5) is 11.6. The molecule has 100 valence electrons. The number of unbranched alkanes of at least 4 members (excludes halogenated alkanes) is 1. The van der Waals surface area contributed by atoms with Crippen LogP contribution in [0.15, 0.2) is 24.3 Å². The second-order valence-electron chi connectivity index (χ2n) is 4.10. The van der Waals surface area contributed by atoms with E-state index in [0.717, 1.165) is 18.7 Å². The molecule has 0 aliphatic heterocycles. The van der Waals surface area contributed by atoms with Crippen LogP contribution in [-0.4, -0.2) is 32.7 Å². The molecule has 0 unspecified atom stereocenters. The molecule has 1 aromatic carbocycles. The molecule has 0 spiro atoms. The molecule has 0 radical (unpaired) electrons. The minimum atomic E-state index is -0.273. The fraction of sp³-hybridized carbons (Fsp3) is 0.500. The van der Waals surface area contributed by atoms with Crippen LogP contribution in [0, 0.1) is 0 Å². The predicted molar refractivity (Wildman–Crippen MR) is 74.0 cm³/mol. The highest BCUT2D eigenvalue weighted by Crippen LogP contribution is 2.10. The van der Waals surface area contributed by atoms with Gasteiger partial charge >= 0.3 is 5.97 Å². The molecule has 0 saturated carbocycles. The van der Waals surface area contributed by atoms with Crippen LogP contribution in [0.4, 0.5) is 5.69 Å². The van der Waals surface area contributed by atoms with Crippen molar-refractivity contribution in [1.82, 2.24) is 5.32 Å². The second-order valence-corrected chi connectivity index (χ2v) is 4.10. The summed E-state index contributed by atoms with van der Waals surface area (Å²) in [6.07, 6.45) is 2.32. The first-order chi connectivity index (χ1) is 8.77. The van der Waals surface area contributed by atoms with Crippen LogP contribution >= 0.6 is 0 Å². The highest BCUT2D eigenvalue weighted by atomic mass is 16.5. The summed E-state index contributed by atoms with van der Waals surface area (Å²) in [5, 5.41) is 6.23. The van der Waals surface area contributed by atoms with E-state index in [0.29, 0.717) is 18.7 Å². The molecule has 1 aromatic rings. The number of benzene rings is 1. The Labute approximate surface area is 109 Å². The third-order valence-corrected chi connectivity index (χ3v) is 2.57. The molecule has 0 saturated heterocycles. The maximum Gasteiger partial charge on any atom is 0.338 e. The standard InChI is InChI=1S/C14H22N2O2/c1-3-4-9-16-13-7-5-12(6-8-13)14(17)18-11-10-15-2/h5-8,15-16H,3-4,9-11H2,1-2H3. The van der Waals surface area contributed by atoms with E-state index in [1.54, 1.807) is 12.1 Å². The molecule has 0 amide bonds. The molecular formula is C14H22N2O2. The lowest BCUT2D eigenvalue weighted by molar-refractivity contribution is 0.0510. The lowest BCUT2D eigenvalue weighted by atomic mass is 10.2. The van der Waals surface area contributed by atoms with E-state index >= 15 is 0 Å². The van der Waals surface area contributed by atoms with E-state index in [1.807, 2.05) is 19.2 Å². The van der Waals surface area contributed by atoms with Crippen molar-refractivity contribution in [2.24, 2.45) is 0 Å². The number of hydrogen-bond acceptors (Lipinski definition) is 4. The largest absolute Gasteiger partial charge is 0.461 e. The quantitative estimate of drug-likeness (QED) is 0.549. The Balaban J connectivity index is 2.41. The van der Waals surface area contributed by atoms with Gasteiger partial charge in [-0.25, -0.2) is 4.79 Å². The first-order valence-corrected chi connectivity index (χ1v) is 6.43. The van der Waals surface area contributed by atoms with Gasteiger partial charge in [-0.15, -0.1) is 0 Å². The zero-order valence-electron chi connectivity index (χ0n) is 11.2. The summed E-state index contributed by atoms with van der Waals surface area (Å²) >= 11 is 0. The Morgan fingerprint density at radius 3 is 2.56 bits per heavy atom. The maximum absolute atomic E-state index is 11.6. The van der Waals surface area contributed by atoms with Crippen molar-refractivity contribution in [1.29, 1.82) is 0 Å². The molecule has 0 heterocycles. The van der Waals surface area contributed by atoms with Gasteiger partial charge in [0.15, 0.2) is 0 Å². The third kappa shape index (κ3) is 5.19. The highest BCUT2D eigenvalue weighted by Gasteiger charge is 2.05. The van der Waals surface area contributed by atoms with Crippen LogP contribution in [0.3, 0.4) is 0 Å². The zero-order valence-corrected chi connectivity index (χ0v) is 11.2. The van der Waals surface area contributed by atoms with E-state index < -0.39 is 0 Å². The minimum absolute atomic E-state index is 0.273. The van der Waals surface area contributed by atoms with Crippen molar-refractivity contribution in [3.05, 3.63) is 29.8 Å². The van der Waals surface area contributed by atoms with Gasteiger partial charge in [0.1, 0.15) is 6.61 Å². The van der Waals surface area contributed by atoms with E-state index in [4.69, 9.17) is 4.74 Å². The van der Waals surface area contributed by atoms with Crippen LogP contribution < -0.4 is 10.6 Å². The van der Waals surface area contributed by atoms with E-state index in [9.17, 15) is 4.79 Å². The smallest absolute Gasteiger partial charge is 0.338 e. The van der Waals surface area contributed by atoms with Gasteiger partial charge < -0.3 is 15.4 Å². The van der Waals surface area contributed by atoms with Crippen molar-refractivity contribution in [3.63, 3.8) is 0 Å². The Morgan fingerprint density at radius 1 is 1.22 bits per heavy atom. The monoisotopic (exact) mass is 250 g/mol. The summed E-state index contributed by atoms with van der Waals surface area (Å²) in [6.45, 7) is 4.18. The van der Waals surface area contributed by atoms with Crippen LogP contribution in [0.5, 0.6) is 0 Å². The number of ether oxygens (including phenoxy) is 1. The summed E-state index contributed by atoms with van der Waals surface area (Å²) in [6, 6.07) is 7.39. The molecule has 0 aliphatic carbocycles. The first-order valence-electron chi connectivity index (χ1n) is 6.43. The van der Waals surface area contributed by atoms with Gasteiger partial charge in [0.05, 0.1) is 5.56 Å². The summed E-state index contributed by atoms with van der Waals surface area (Å²) in [5.74, 6) is -0.273. The number of anilines is 1. The number of hydrogen-bond donors (Lipinski definition) is 2. The average Bonchev–Trinajstić information content (AvgIpc) is 2.40. The van der Waals surface area contributed by atoms with Gasteiger partial charge in [-0.05, 0) is 37.7 Å². The Bertz CT molecular complexity index is 349. The van der Waals surface area contributed by atoms with E-state index in [2.05, 4.69) is 17.6 Å². The molecular weight excluding hydrogens is 228 g/mol. The molecule has 4 heteroatoms. The van der Waals surface area contributed by atoms with Crippen molar-refractivity contribution >= 4 is 11.7 Å².